The molecule has 0 saturated heterocycles. The van der Waals surface area contributed by atoms with E-state index in [9.17, 15) is 18.3 Å². The third-order valence-corrected chi connectivity index (χ3v) is 3.68. The standard InChI is InChI=1S/C11H15NO5S/c1-3-6-12-18(15,16)8-4-5-10(13)9(7-8)11(14)17-2/h4-5,7,12-13H,3,6H2,1-2H3. The number of hydrogen-bond acceptors (Lipinski definition) is 5. The summed E-state index contributed by atoms with van der Waals surface area (Å²) >= 11 is 0. The second-order valence-electron chi connectivity index (χ2n) is 3.57. The van der Waals surface area contributed by atoms with E-state index in [1.54, 1.807) is 0 Å². The van der Waals surface area contributed by atoms with Crippen molar-refractivity contribution in [3.63, 3.8) is 0 Å². The zero-order chi connectivity index (χ0) is 13.8. The Kier molecular flexibility index (Phi) is 4.69. The third kappa shape index (κ3) is 3.21. The number of aromatic hydroxyl groups is 1. The average molecular weight is 273 g/mol. The molecule has 0 bridgehead atoms. The molecule has 0 atom stereocenters. The number of sulfonamides is 1. The van der Waals surface area contributed by atoms with E-state index >= 15 is 0 Å². The number of carbonyl (C=O) groups excluding carboxylic acids is 1. The Hall–Kier alpha value is -1.60. The second-order valence-corrected chi connectivity index (χ2v) is 5.34. The number of rotatable bonds is 5. The van der Waals surface area contributed by atoms with E-state index in [0.717, 1.165) is 19.2 Å². The van der Waals surface area contributed by atoms with Crippen LogP contribution in [0.25, 0.3) is 0 Å². The second kappa shape index (κ2) is 5.83. The van der Waals surface area contributed by atoms with Crippen molar-refractivity contribution in [2.45, 2.75) is 18.2 Å². The maximum Gasteiger partial charge on any atom is 0.341 e. The SMILES string of the molecule is CCCNS(=O)(=O)c1ccc(O)c(C(=O)OC)c1. The molecular formula is C11H15NO5S. The lowest BCUT2D eigenvalue weighted by Crippen LogP contribution is -2.24. The van der Waals surface area contributed by atoms with Crippen LogP contribution in [0.3, 0.4) is 0 Å². The molecule has 7 heteroatoms. The smallest absolute Gasteiger partial charge is 0.341 e. The van der Waals surface area contributed by atoms with Crippen LogP contribution in [0.5, 0.6) is 5.75 Å². The van der Waals surface area contributed by atoms with Gasteiger partial charge < -0.3 is 9.84 Å². The summed E-state index contributed by atoms with van der Waals surface area (Å²) in [5.74, 6) is -1.11. The highest BCUT2D eigenvalue weighted by Crippen LogP contribution is 2.21. The number of benzene rings is 1. The van der Waals surface area contributed by atoms with Gasteiger partial charge in [0.2, 0.25) is 10.0 Å². The molecule has 100 valence electrons. The Bertz CT molecular complexity index is 538. The van der Waals surface area contributed by atoms with Gasteiger partial charge in [-0.05, 0) is 24.6 Å². The maximum absolute atomic E-state index is 11.8. The molecule has 0 amide bonds. The first-order valence-corrected chi connectivity index (χ1v) is 6.81. The number of hydrogen-bond donors (Lipinski definition) is 2. The van der Waals surface area contributed by atoms with Gasteiger partial charge in [0.25, 0.3) is 0 Å². The Labute approximate surface area is 106 Å². The van der Waals surface area contributed by atoms with E-state index in [2.05, 4.69) is 9.46 Å². The van der Waals surface area contributed by atoms with Crippen molar-refractivity contribution in [3.8, 4) is 5.75 Å². The van der Waals surface area contributed by atoms with Crippen molar-refractivity contribution < 1.29 is 23.1 Å². The van der Waals surface area contributed by atoms with Crippen LogP contribution in [-0.2, 0) is 14.8 Å². The topological polar surface area (TPSA) is 92.7 Å². The van der Waals surface area contributed by atoms with Gasteiger partial charge in [-0.15, -0.1) is 0 Å². The minimum Gasteiger partial charge on any atom is -0.507 e. The number of nitrogens with one attached hydrogen (secondary N) is 1. The zero-order valence-electron chi connectivity index (χ0n) is 10.1. The first-order chi connectivity index (χ1) is 8.42. The van der Waals surface area contributed by atoms with Gasteiger partial charge in [-0.25, -0.2) is 17.9 Å². The normalized spacial score (nSPS) is 11.2. The zero-order valence-corrected chi connectivity index (χ0v) is 11.0. The number of methoxy groups -OCH3 is 1. The van der Waals surface area contributed by atoms with Crippen LogP contribution in [0.15, 0.2) is 23.1 Å². The lowest BCUT2D eigenvalue weighted by atomic mass is 10.2. The third-order valence-electron chi connectivity index (χ3n) is 2.23. The van der Waals surface area contributed by atoms with E-state index < -0.39 is 16.0 Å². The minimum absolute atomic E-state index is 0.0887. The van der Waals surface area contributed by atoms with Crippen LogP contribution >= 0.6 is 0 Å². The van der Waals surface area contributed by atoms with Gasteiger partial charge in [0.05, 0.1) is 12.0 Å². The molecule has 0 unspecified atom stereocenters. The monoisotopic (exact) mass is 273 g/mol. The Balaban J connectivity index is 3.16. The molecule has 0 aromatic heterocycles. The Morgan fingerprint density at radius 1 is 1.44 bits per heavy atom. The molecule has 1 aromatic rings. The fourth-order valence-electron chi connectivity index (χ4n) is 1.28. The molecule has 1 aromatic carbocycles. The molecule has 0 radical (unpaired) electrons. The first kappa shape index (κ1) is 14.5. The highest BCUT2D eigenvalue weighted by Gasteiger charge is 2.18. The van der Waals surface area contributed by atoms with E-state index in [1.807, 2.05) is 6.92 Å². The van der Waals surface area contributed by atoms with Crippen LogP contribution in [0.1, 0.15) is 23.7 Å². The van der Waals surface area contributed by atoms with Gasteiger partial charge in [0.15, 0.2) is 0 Å². The molecule has 0 spiro atoms. The molecule has 6 nitrogen and oxygen atoms in total. The summed E-state index contributed by atoms with van der Waals surface area (Å²) in [5, 5.41) is 9.46. The number of esters is 1. The van der Waals surface area contributed by atoms with Crippen molar-refractivity contribution in [2.75, 3.05) is 13.7 Å². The molecule has 2 N–H and O–H groups in total. The van der Waals surface area contributed by atoms with E-state index in [4.69, 9.17) is 0 Å². The molecular weight excluding hydrogens is 258 g/mol. The van der Waals surface area contributed by atoms with Gasteiger partial charge in [0, 0.05) is 6.54 Å². The van der Waals surface area contributed by atoms with Crippen molar-refractivity contribution in [1.29, 1.82) is 0 Å². The van der Waals surface area contributed by atoms with Crippen LogP contribution in [-0.4, -0.2) is 33.1 Å². The summed E-state index contributed by atoms with van der Waals surface area (Å²) < 4.78 is 30.5. The highest BCUT2D eigenvalue weighted by molar-refractivity contribution is 7.89. The van der Waals surface area contributed by atoms with Gasteiger partial charge in [-0.1, -0.05) is 6.92 Å². The van der Waals surface area contributed by atoms with E-state index in [0.29, 0.717) is 13.0 Å². The summed E-state index contributed by atoms with van der Waals surface area (Å²) in [6.45, 7) is 2.13. The largest absolute Gasteiger partial charge is 0.507 e. The fraction of sp³-hybridized carbons (Fsp3) is 0.364. The summed E-state index contributed by atoms with van der Waals surface area (Å²) in [5.41, 5.74) is -0.183. The molecule has 1 rings (SSSR count). The van der Waals surface area contributed by atoms with Crippen molar-refractivity contribution in [1.82, 2.24) is 4.72 Å². The average Bonchev–Trinajstić information content (AvgIpc) is 2.35. The quantitative estimate of drug-likeness (QED) is 0.776. The predicted octanol–water partition coefficient (Wildman–Crippen LogP) is 0.867. The predicted molar refractivity (Wildman–Crippen MR) is 64.9 cm³/mol. The van der Waals surface area contributed by atoms with Gasteiger partial charge in [0.1, 0.15) is 11.3 Å². The fourth-order valence-corrected chi connectivity index (χ4v) is 2.44. The lowest BCUT2D eigenvalue weighted by Gasteiger charge is -2.08. The molecule has 0 fully saturated rings. The van der Waals surface area contributed by atoms with Crippen LogP contribution in [0, 0.1) is 0 Å². The van der Waals surface area contributed by atoms with E-state index in [1.165, 1.54) is 6.07 Å². The highest BCUT2D eigenvalue weighted by atomic mass is 32.2. The molecule has 18 heavy (non-hydrogen) atoms. The number of carbonyl (C=O) groups is 1. The molecule has 0 heterocycles. The van der Waals surface area contributed by atoms with Crippen LogP contribution in [0.4, 0.5) is 0 Å². The van der Waals surface area contributed by atoms with Crippen molar-refractivity contribution >= 4 is 16.0 Å². The minimum atomic E-state index is -3.67. The van der Waals surface area contributed by atoms with Gasteiger partial charge in [-0.3, -0.25) is 0 Å². The van der Waals surface area contributed by atoms with Crippen LogP contribution < -0.4 is 4.72 Å². The summed E-state index contributed by atoms with van der Waals surface area (Å²) in [6, 6.07) is 3.45. The summed E-state index contributed by atoms with van der Waals surface area (Å²) in [4.78, 5) is 11.2. The number of phenols is 1. The van der Waals surface area contributed by atoms with Crippen molar-refractivity contribution in [3.05, 3.63) is 23.8 Å². The molecule has 0 saturated carbocycles. The first-order valence-electron chi connectivity index (χ1n) is 5.33. The Morgan fingerprint density at radius 2 is 2.11 bits per heavy atom. The molecule has 0 aliphatic heterocycles. The lowest BCUT2D eigenvalue weighted by molar-refractivity contribution is 0.0597. The summed E-state index contributed by atoms with van der Waals surface area (Å²) in [6.07, 6.45) is 0.654. The van der Waals surface area contributed by atoms with E-state index in [-0.39, 0.29) is 16.2 Å². The van der Waals surface area contributed by atoms with Crippen molar-refractivity contribution in [2.24, 2.45) is 0 Å². The van der Waals surface area contributed by atoms with Crippen LogP contribution in [0.2, 0.25) is 0 Å². The number of phenolic OH excluding ortho intramolecular Hbond substituents is 1. The van der Waals surface area contributed by atoms with Gasteiger partial charge >= 0.3 is 5.97 Å². The Morgan fingerprint density at radius 3 is 2.67 bits per heavy atom. The molecule has 0 aliphatic carbocycles. The molecule has 0 aliphatic rings. The van der Waals surface area contributed by atoms with Gasteiger partial charge in [-0.2, -0.15) is 0 Å². The maximum atomic E-state index is 11.8. The summed E-state index contributed by atoms with van der Waals surface area (Å²) in [7, 11) is -2.52. The number of ether oxygens (including phenoxy) is 1.